The average molecular weight is 211 g/mol. The molecule has 15 heavy (non-hydrogen) atoms. The van der Waals surface area contributed by atoms with Crippen LogP contribution in [0.5, 0.6) is 0 Å². The van der Waals surface area contributed by atoms with Crippen LogP contribution in [-0.2, 0) is 18.2 Å². The summed E-state index contributed by atoms with van der Waals surface area (Å²) in [7, 11) is 1.94. The average Bonchev–Trinajstić information content (AvgIpc) is 2.61. The zero-order chi connectivity index (χ0) is 11.1. The Balaban J connectivity index is 2.42. The summed E-state index contributed by atoms with van der Waals surface area (Å²) < 4.78 is 7.26. The fourth-order valence-corrected chi connectivity index (χ4v) is 1.56. The van der Waals surface area contributed by atoms with E-state index in [9.17, 15) is 0 Å². The monoisotopic (exact) mass is 211 g/mol. The van der Waals surface area contributed by atoms with Crippen molar-refractivity contribution in [2.45, 2.75) is 26.3 Å². The van der Waals surface area contributed by atoms with Crippen molar-refractivity contribution in [3.8, 4) is 0 Å². The normalized spacial score (nSPS) is 13.0. The Bertz CT molecular complexity index is 273. The summed E-state index contributed by atoms with van der Waals surface area (Å²) in [6.07, 6.45) is 2.90. The van der Waals surface area contributed by atoms with Gasteiger partial charge in [0.1, 0.15) is 0 Å². The first-order valence-corrected chi connectivity index (χ1v) is 5.55. The SMILES string of the molecule is CCNC(COCC)Cc1ccn(C)n1. The molecule has 1 aromatic heterocycles. The van der Waals surface area contributed by atoms with Gasteiger partial charge in [-0.2, -0.15) is 5.10 Å². The summed E-state index contributed by atoms with van der Waals surface area (Å²) in [5.41, 5.74) is 1.11. The Morgan fingerprint density at radius 2 is 2.33 bits per heavy atom. The van der Waals surface area contributed by atoms with Gasteiger partial charge in [0.2, 0.25) is 0 Å². The Labute approximate surface area is 91.6 Å². The fourth-order valence-electron chi connectivity index (χ4n) is 1.56. The number of ether oxygens (including phenoxy) is 1. The molecule has 1 aromatic rings. The van der Waals surface area contributed by atoms with Crippen LogP contribution in [0.2, 0.25) is 0 Å². The minimum atomic E-state index is 0.366. The number of nitrogens with zero attached hydrogens (tertiary/aromatic N) is 2. The molecule has 0 spiro atoms. The second-order valence-corrected chi connectivity index (χ2v) is 3.60. The molecule has 0 aromatic carbocycles. The first kappa shape index (κ1) is 12.2. The molecule has 0 amide bonds. The molecular formula is C11H21N3O. The molecule has 86 valence electrons. The molecule has 0 aliphatic rings. The van der Waals surface area contributed by atoms with Crippen molar-refractivity contribution >= 4 is 0 Å². The van der Waals surface area contributed by atoms with Gasteiger partial charge >= 0.3 is 0 Å². The van der Waals surface area contributed by atoms with Crippen LogP contribution in [0.1, 0.15) is 19.5 Å². The lowest BCUT2D eigenvalue weighted by Gasteiger charge is -2.16. The van der Waals surface area contributed by atoms with Crippen molar-refractivity contribution in [2.24, 2.45) is 7.05 Å². The van der Waals surface area contributed by atoms with Gasteiger partial charge < -0.3 is 10.1 Å². The van der Waals surface area contributed by atoms with E-state index in [1.807, 2.05) is 24.9 Å². The molecule has 0 aliphatic heterocycles. The van der Waals surface area contributed by atoms with E-state index in [0.717, 1.165) is 31.9 Å². The minimum absolute atomic E-state index is 0.366. The predicted molar refractivity (Wildman–Crippen MR) is 60.9 cm³/mol. The van der Waals surface area contributed by atoms with Crippen molar-refractivity contribution < 1.29 is 4.74 Å². The maximum absolute atomic E-state index is 5.43. The molecule has 1 N–H and O–H groups in total. The number of aryl methyl sites for hydroxylation is 1. The Kier molecular flexibility index (Phi) is 5.36. The smallest absolute Gasteiger partial charge is 0.0640 e. The highest BCUT2D eigenvalue weighted by Crippen LogP contribution is 2.00. The van der Waals surface area contributed by atoms with Crippen molar-refractivity contribution in [2.75, 3.05) is 19.8 Å². The zero-order valence-corrected chi connectivity index (χ0v) is 9.86. The molecule has 0 radical (unpaired) electrons. The highest BCUT2D eigenvalue weighted by molar-refractivity contribution is 5.01. The van der Waals surface area contributed by atoms with Crippen LogP contribution in [0.3, 0.4) is 0 Å². The van der Waals surface area contributed by atoms with E-state index in [1.165, 1.54) is 0 Å². The van der Waals surface area contributed by atoms with Gasteiger partial charge in [-0.05, 0) is 19.5 Å². The second kappa shape index (κ2) is 6.58. The molecule has 0 saturated carbocycles. The topological polar surface area (TPSA) is 39.1 Å². The molecule has 4 heteroatoms. The molecule has 0 fully saturated rings. The van der Waals surface area contributed by atoms with Gasteiger partial charge in [0.15, 0.2) is 0 Å². The number of aromatic nitrogens is 2. The lowest BCUT2D eigenvalue weighted by Crippen LogP contribution is -2.35. The van der Waals surface area contributed by atoms with E-state index in [0.29, 0.717) is 6.04 Å². The zero-order valence-electron chi connectivity index (χ0n) is 9.86. The lowest BCUT2D eigenvalue weighted by molar-refractivity contribution is 0.123. The van der Waals surface area contributed by atoms with E-state index in [1.54, 1.807) is 0 Å². The van der Waals surface area contributed by atoms with Crippen LogP contribution < -0.4 is 5.32 Å². The van der Waals surface area contributed by atoms with Gasteiger partial charge in [-0.1, -0.05) is 6.92 Å². The highest BCUT2D eigenvalue weighted by Gasteiger charge is 2.09. The van der Waals surface area contributed by atoms with Crippen LogP contribution in [-0.4, -0.2) is 35.6 Å². The molecule has 1 atom stereocenters. The third kappa shape index (κ3) is 4.44. The maximum Gasteiger partial charge on any atom is 0.0640 e. The minimum Gasteiger partial charge on any atom is -0.380 e. The van der Waals surface area contributed by atoms with Crippen molar-refractivity contribution in [1.82, 2.24) is 15.1 Å². The maximum atomic E-state index is 5.43. The van der Waals surface area contributed by atoms with E-state index < -0.39 is 0 Å². The van der Waals surface area contributed by atoms with Crippen LogP contribution in [0, 0.1) is 0 Å². The van der Waals surface area contributed by atoms with Gasteiger partial charge in [-0.3, -0.25) is 4.68 Å². The first-order valence-electron chi connectivity index (χ1n) is 5.55. The summed E-state index contributed by atoms with van der Waals surface area (Å²) in [5.74, 6) is 0. The van der Waals surface area contributed by atoms with E-state index in [-0.39, 0.29) is 0 Å². The van der Waals surface area contributed by atoms with Gasteiger partial charge in [-0.15, -0.1) is 0 Å². The van der Waals surface area contributed by atoms with E-state index in [4.69, 9.17) is 4.74 Å². The van der Waals surface area contributed by atoms with Crippen molar-refractivity contribution in [3.05, 3.63) is 18.0 Å². The number of likely N-dealkylation sites (N-methyl/N-ethyl adjacent to an activating group) is 1. The third-order valence-electron chi connectivity index (χ3n) is 2.24. The van der Waals surface area contributed by atoms with E-state index in [2.05, 4.69) is 23.4 Å². The number of nitrogens with one attached hydrogen (secondary N) is 1. The quantitative estimate of drug-likeness (QED) is 0.730. The van der Waals surface area contributed by atoms with Crippen LogP contribution in [0.15, 0.2) is 12.3 Å². The summed E-state index contributed by atoms with van der Waals surface area (Å²) in [6, 6.07) is 2.42. The molecule has 0 saturated heterocycles. The molecule has 4 nitrogen and oxygen atoms in total. The summed E-state index contributed by atoms with van der Waals surface area (Å²) >= 11 is 0. The summed E-state index contributed by atoms with van der Waals surface area (Å²) in [5, 5.41) is 7.76. The number of rotatable bonds is 7. The highest BCUT2D eigenvalue weighted by atomic mass is 16.5. The molecular weight excluding hydrogens is 190 g/mol. The fraction of sp³-hybridized carbons (Fsp3) is 0.727. The Hall–Kier alpha value is -0.870. The van der Waals surface area contributed by atoms with E-state index >= 15 is 0 Å². The lowest BCUT2D eigenvalue weighted by atomic mass is 10.1. The first-order chi connectivity index (χ1) is 7.26. The predicted octanol–water partition coefficient (Wildman–Crippen LogP) is 0.977. The van der Waals surface area contributed by atoms with Gasteiger partial charge in [0, 0.05) is 32.3 Å². The molecule has 0 aliphatic carbocycles. The largest absolute Gasteiger partial charge is 0.380 e. The number of hydrogen-bond donors (Lipinski definition) is 1. The van der Waals surface area contributed by atoms with Crippen LogP contribution in [0.4, 0.5) is 0 Å². The molecule has 1 heterocycles. The van der Waals surface area contributed by atoms with Crippen LogP contribution >= 0.6 is 0 Å². The third-order valence-corrected chi connectivity index (χ3v) is 2.24. The van der Waals surface area contributed by atoms with Crippen molar-refractivity contribution in [3.63, 3.8) is 0 Å². The second-order valence-electron chi connectivity index (χ2n) is 3.60. The van der Waals surface area contributed by atoms with Gasteiger partial charge in [0.25, 0.3) is 0 Å². The Morgan fingerprint density at radius 1 is 1.53 bits per heavy atom. The van der Waals surface area contributed by atoms with Crippen LogP contribution in [0.25, 0.3) is 0 Å². The molecule has 0 bridgehead atoms. The van der Waals surface area contributed by atoms with Gasteiger partial charge in [-0.25, -0.2) is 0 Å². The molecule has 1 rings (SSSR count). The summed E-state index contributed by atoms with van der Waals surface area (Å²) in [6.45, 7) is 6.61. The van der Waals surface area contributed by atoms with Gasteiger partial charge in [0.05, 0.1) is 12.3 Å². The Morgan fingerprint density at radius 3 is 2.87 bits per heavy atom. The molecule has 1 unspecified atom stereocenters. The number of hydrogen-bond acceptors (Lipinski definition) is 3. The van der Waals surface area contributed by atoms with Crippen molar-refractivity contribution in [1.29, 1.82) is 0 Å². The standard InChI is InChI=1S/C11H21N3O/c1-4-12-11(9-15-5-2)8-10-6-7-14(3)13-10/h6-7,11-12H,4-5,8-9H2,1-3H3. The summed E-state index contributed by atoms with van der Waals surface area (Å²) in [4.78, 5) is 0.